The average Bonchev–Trinajstić information content (AvgIpc) is 2.66. The molecule has 1 aromatic rings. The molecule has 2 heterocycles. The summed E-state index contributed by atoms with van der Waals surface area (Å²) in [7, 11) is -3.60. The molecule has 2 fully saturated rings. The summed E-state index contributed by atoms with van der Waals surface area (Å²) < 4.78 is 27.8. The van der Waals surface area contributed by atoms with Crippen LogP contribution < -0.4 is 5.73 Å². The van der Waals surface area contributed by atoms with Gasteiger partial charge in [0.1, 0.15) is 0 Å². The standard InChI is InChI=1S/C20H31N3O3S/c1-15-10-16(2)14-22(13-15)27(25,26)19-8-5-6-17(11-19)20(24)23-9-4-3-7-18(23)12-21/h5-6,8,11,15-16,18H,3-4,7,9-10,12-14,21H2,1-2H3. The molecule has 3 unspecified atom stereocenters. The molecular formula is C20H31N3O3S. The largest absolute Gasteiger partial charge is 0.334 e. The summed E-state index contributed by atoms with van der Waals surface area (Å²) in [6.07, 6.45) is 3.99. The average molecular weight is 394 g/mol. The van der Waals surface area contributed by atoms with E-state index in [1.54, 1.807) is 27.4 Å². The number of sulfonamides is 1. The second kappa shape index (κ2) is 8.29. The summed E-state index contributed by atoms with van der Waals surface area (Å²) >= 11 is 0. The Kier molecular flexibility index (Phi) is 6.23. The minimum atomic E-state index is -3.60. The van der Waals surface area contributed by atoms with E-state index in [2.05, 4.69) is 13.8 Å². The minimum absolute atomic E-state index is 0.0373. The number of likely N-dealkylation sites (tertiary alicyclic amines) is 1. The van der Waals surface area contributed by atoms with E-state index in [9.17, 15) is 13.2 Å². The first-order valence-corrected chi connectivity index (χ1v) is 11.4. The van der Waals surface area contributed by atoms with Crippen LogP contribution in [-0.2, 0) is 10.0 Å². The number of carbonyl (C=O) groups excluding carboxylic acids is 1. The molecule has 2 aliphatic heterocycles. The summed E-state index contributed by atoms with van der Waals surface area (Å²) in [6, 6.07) is 6.52. The van der Waals surface area contributed by atoms with Crippen LogP contribution in [0.3, 0.4) is 0 Å². The molecule has 2 saturated heterocycles. The Labute approximate surface area is 162 Å². The second-order valence-corrected chi connectivity index (χ2v) is 10.1. The van der Waals surface area contributed by atoms with Gasteiger partial charge < -0.3 is 10.6 Å². The summed E-state index contributed by atoms with van der Waals surface area (Å²) in [5.74, 6) is 0.557. The molecule has 150 valence electrons. The molecular weight excluding hydrogens is 362 g/mol. The predicted octanol–water partition coefficient (Wildman–Crippen LogP) is 2.31. The summed E-state index contributed by atoms with van der Waals surface area (Å²) in [5, 5.41) is 0. The Morgan fingerprint density at radius 1 is 1.19 bits per heavy atom. The number of nitrogens with zero attached hydrogens (tertiary/aromatic N) is 2. The zero-order valence-electron chi connectivity index (χ0n) is 16.3. The topological polar surface area (TPSA) is 83.7 Å². The van der Waals surface area contributed by atoms with E-state index in [1.165, 1.54) is 6.07 Å². The van der Waals surface area contributed by atoms with Gasteiger partial charge in [0.05, 0.1) is 4.90 Å². The van der Waals surface area contributed by atoms with Gasteiger partial charge in [-0.1, -0.05) is 19.9 Å². The third-order valence-electron chi connectivity index (χ3n) is 5.71. The van der Waals surface area contributed by atoms with Crippen LogP contribution in [0.2, 0.25) is 0 Å². The van der Waals surface area contributed by atoms with E-state index in [0.29, 0.717) is 43.6 Å². The van der Waals surface area contributed by atoms with E-state index < -0.39 is 10.0 Å². The van der Waals surface area contributed by atoms with Gasteiger partial charge in [0, 0.05) is 37.8 Å². The fourth-order valence-electron chi connectivity index (χ4n) is 4.42. The van der Waals surface area contributed by atoms with Gasteiger partial charge in [-0.05, 0) is 55.7 Å². The molecule has 2 N–H and O–H groups in total. The number of hydrogen-bond acceptors (Lipinski definition) is 4. The van der Waals surface area contributed by atoms with Crippen molar-refractivity contribution >= 4 is 15.9 Å². The zero-order valence-corrected chi connectivity index (χ0v) is 17.1. The van der Waals surface area contributed by atoms with E-state index in [1.807, 2.05) is 0 Å². The maximum absolute atomic E-state index is 13.1. The number of hydrogen-bond donors (Lipinski definition) is 1. The molecule has 1 aromatic carbocycles. The number of amides is 1. The Hall–Kier alpha value is -1.44. The van der Waals surface area contributed by atoms with Gasteiger partial charge in [0.2, 0.25) is 10.0 Å². The fourth-order valence-corrected chi connectivity index (χ4v) is 6.15. The van der Waals surface area contributed by atoms with Crippen molar-refractivity contribution in [3.8, 4) is 0 Å². The van der Waals surface area contributed by atoms with Crippen molar-refractivity contribution in [2.45, 2.75) is 50.5 Å². The third-order valence-corrected chi connectivity index (χ3v) is 7.54. The lowest BCUT2D eigenvalue weighted by Crippen LogP contribution is -2.47. The van der Waals surface area contributed by atoms with Gasteiger partial charge in [-0.3, -0.25) is 4.79 Å². The van der Waals surface area contributed by atoms with Crippen molar-refractivity contribution < 1.29 is 13.2 Å². The maximum atomic E-state index is 13.1. The van der Waals surface area contributed by atoms with Crippen LogP contribution in [0.5, 0.6) is 0 Å². The van der Waals surface area contributed by atoms with Crippen LogP contribution in [0.4, 0.5) is 0 Å². The fraction of sp³-hybridized carbons (Fsp3) is 0.650. The van der Waals surface area contributed by atoms with Gasteiger partial charge in [-0.2, -0.15) is 4.31 Å². The molecule has 0 bridgehead atoms. The van der Waals surface area contributed by atoms with Crippen LogP contribution in [-0.4, -0.2) is 55.8 Å². The maximum Gasteiger partial charge on any atom is 0.254 e. The summed E-state index contributed by atoms with van der Waals surface area (Å²) in [6.45, 7) is 6.35. The van der Waals surface area contributed by atoms with Gasteiger partial charge >= 0.3 is 0 Å². The Morgan fingerprint density at radius 2 is 1.89 bits per heavy atom. The number of rotatable bonds is 4. The lowest BCUT2D eigenvalue weighted by molar-refractivity contribution is 0.0623. The number of benzene rings is 1. The van der Waals surface area contributed by atoms with Crippen molar-refractivity contribution in [1.29, 1.82) is 0 Å². The molecule has 0 spiro atoms. The second-order valence-electron chi connectivity index (χ2n) is 8.18. The molecule has 0 saturated carbocycles. The third kappa shape index (κ3) is 4.36. The van der Waals surface area contributed by atoms with Gasteiger partial charge in [0.15, 0.2) is 0 Å². The Balaban J connectivity index is 1.85. The van der Waals surface area contributed by atoms with Gasteiger partial charge in [-0.15, -0.1) is 0 Å². The van der Waals surface area contributed by atoms with E-state index in [4.69, 9.17) is 5.73 Å². The van der Waals surface area contributed by atoms with E-state index in [-0.39, 0.29) is 16.8 Å². The molecule has 3 rings (SSSR count). The highest BCUT2D eigenvalue weighted by Gasteiger charge is 2.33. The molecule has 6 nitrogen and oxygen atoms in total. The van der Waals surface area contributed by atoms with Crippen LogP contribution in [0, 0.1) is 11.8 Å². The van der Waals surface area contributed by atoms with Crippen LogP contribution in [0.1, 0.15) is 49.9 Å². The molecule has 1 amide bonds. The van der Waals surface area contributed by atoms with Crippen molar-refractivity contribution in [2.75, 3.05) is 26.2 Å². The Bertz CT molecular complexity index is 770. The number of piperidine rings is 2. The lowest BCUT2D eigenvalue weighted by Gasteiger charge is -2.35. The molecule has 27 heavy (non-hydrogen) atoms. The van der Waals surface area contributed by atoms with Crippen molar-refractivity contribution in [3.63, 3.8) is 0 Å². The lowest BCUT2D eigenvalue weighted by atomic mass is 9.94. The van der Waals surface area contributed by atoms with Crippen molar-refractivity contribution in [2.24, 2.45) is 17.6 Å². The molecule has 2 aliphatic rings. The van der Waals surface area contributed by atoms with E-state index in [0.717, 1.165) is 25.7 Å². The van der Waals surface area contributed by atoms with Crippen LogP contribution in [0.15, 0.2) is 29.2 Å². The first-order valence-electron chi connectivity index (χ1n) is 9.94. The highest BCUT2D eigenvalue weighted by Crippen LogP contribution is 2.27. The van der Waals surface area contributed by atoms with Crippen LogP contribution in [0.25, 0.3) is 0 Å². The first-order chi connectivity index (χ1) is 12.8. The highest BCUT2D eigenvalue weighted by atomic mass is 32.2. The molecule has 0 aromatic heterocycles. The molecule has 3 atom stereocenters. The monoisotopic (exact) mass is 393 g/mol. The van der Waals surface area contributed by atoms with Crippen molar-refractivity contribution in [1.82, 2.24) is 9.21 Å². The highest BCUT2D eigenvalue weighted by molar-refractivity contribution is 7.89. The molecule has 0 radical (unpaired) electrons. The number of nitrogens with two attached hydrogens (primary N) is 1. The SMILES string of the molecule is CC1CC(C)CN(S(=O)(=O)c2cccc(C(=O)N3CCCCC3CN)c2)C1. The summed E-state index contributed by atoms with van der Waals surface area (Å²) in [5.41, 5.74) is 6.26. The predicted molar refractivity (Wildman–Crippen MR) is 106 cm³/mol. The number of carbonyl (C=O) groups is 1. The first kappa shape index (κ1) is 20.3. The quantitative estimate of drug-likeness (QED) is 0.851. The van der Waals surface area contributed by atoms with Gasteiger partial charge in [0.25, 0.3) is 5.91 Å². The molecule has 7 heteroatoms. The zero-order chi connectivity index (χ0) is 19.6. The van der Waals surface area contributed by atoms with E-state index >= 15 is 0 Å². The minimum Gasteiger partial charge on any atom is -0.334 e. The van der Waals surface area contributed by atoms with Crippen LogP contribution >= 0.6 is 0 Å². The van der Waals surface area contributed by atoms with Crippen molar-refractivity contribution in [3.05, 3.63) is 29.8 Å². The Morgan fingerprint density at radius 3 is 2.56 bits per heavy atom. The molecule has 0 aliphatic carbocycles. The smallest absolute Gasteiger partial charge is 0.254 e. The normalized spacial score (nSPS) is 27.5. The van der Waals surface area contributed by atoms with Gasteiger partial charge in [-0.25, -0.2) is 8.42 Å². The summed E-state index contributed by atoms with van der Waals surface area (Å²) in [4.78, 5) is 15.0.